The molecule has 3 aliphatic carbocycles. The highest BCUT2D eigenvalue weighted by molar-refractivity contribution is 5.95. The molecule has 0 aliphatic heterocycles. The molecule has 3 aliphatic rings. The van der Waals surface area contributed by atoms with Gasteiger partial charge in [-0.15, -0.1) is 0 Å². The molecule has 10 rings (SSSR count). The molecule has 0 N–H and O–H groups in total. The number of hydrogen-bond donors (Lipinski definition) is 0. The van der Waals surface area contributed by atoms with Crippen LogP contribution in [0.1, 0.15) is 56.9 Å². The van der Waals surface area contributed by atoms with Crippen molar-refractivity contribution >= 4 is 27.8 Å². The Kier molecular flexibility index (Phi) is 7.14. The van der Waals surface area contributed by atoms with E-state index in [4.69, 9.17) is 0 Å². The van der Waals surface area contributed by atoms with Crippen molar-refractivity contribution in [2.75, 3.05) is 4.90 Å². The summed E-state index contributed by atoms with van der Waals surface area (Å²) in [6, 6.07) is 56.8. The maximum atomic E-state index is 2.51. The van der Waals surface area contributed by atoms with E-state index in [9.17, 15) is 0 Å². The topological polar surface area (TPSA) is 3.24 Å². The third-order valence-corrected chi connectivity index (χ3v) is 13.0. The summed E-state index contributed by atoms with van der Waals surface area (Å²) in [6.45, 7) is 12.0. The third-order valence-electron chi connectivity index (χ3n) is 13.0. The Morgan fingerprint density at radius 3 is 1.67 bits per heavy atom. The Labute approximate surface area is 320 Å². The van der Waals surface area contributed by atoms with Gasteiger partial charge in [0.1, 0.15) is 0 Å². The van der Waals surface area contributed by atoms with Crippen LogP contribution in [0.4, 0.5) is 17.1 Å². The third kappa shape index (κ3) is 4.84. The molecule has 0 spiro atoms. The molecule has 0 amide bonds. The van der Waals surface area contributed by atoms with Crippen molar-refractivity contribution in [2.24, 2.45) is 5.92 Å². The van der Waals surface area contributed by atoms with Crippen molar-refractivity contribution in [3.8, 4) is 33.4 Å². The first-order valence-corrected chi connectivity index (χ1v) is 19.4. The highest BCUT2D eigenvalue weighted by atomic mass is 15.1. The molecule has 0 saturated carbocycles. The zero-order valence-electron chi connectivity index (χ0n) is 31.8. The number of nitrogens with zero attached hydrogens (tertiary/aromatic N) is 1. The van der Waals surface area contributed by atoms with Crippen molar-refractivity contribution in [1.29, 1.82) is 0 Å². The number of fused-ring (bicyclic) bond motifs is 7. The van der Waals surface area contributed by atoms with Crippen LogP contribution in [0.2, 0.25) is 0 Å². The summed E-state index contributed by atoms with van der Waals surface area (Å²) in [5, 5.41) is 2.58. The highest BCUT2D eigenvalue weighted by Gasteiger charge is 2.51. The minimum absolute atomic E-state index is 0.0219. The van der Waals surface area contributed by atoms with Gasteiger partial charge in [-0.1, -0.05) is 156 Å². The normalized spacial score (nSPS) is 19.6. The predicted octanol–water partition coefficient (Wildman–Crippen LogP) is 14.2. The van der Waals surface area contributed by atoms with E-state index in [1.165, 1.54) is 72.1 Å². The first-order valence-electron chi connectivity index (χ1n) is 19.4. The smallest absolute Gasteiger partial charge is 0.0473 e. The quantitative estimate of drug-likeness (QED) is 0.173. The molecule has 54 heavy (non-hydrogen) atoms. The first kappa shape index (κ1) is 32.7. The van der Waals surface area contributed by atoms with E-state index in [2.05, 4.69) is 215 Å². The van der Waals surface area contributed by atoms with Crippen LogP contribution < -0.4 is 4.90 Å². The van der Waals surface area contributed by atoms with Crippen LogP contribution in [0.5, 0.6) is 0 Å². The molecular weight excluding hydrogens is 651 g/mol. The standard InChI is InChI=1S/C53H45N/c1-51(2)46-25-23-41(33-45(46)44-31-37-20-12-13-21-38(37)32-48(44)51)54(42-24-26-47-49(34-42)53(5)27-15-14-22-50(53)52(47,3)4)43-29-39(35-16-8-6-9-17-35)28-40(30-43)36-18-10-7-11-19-36/h6-34,50H,1-5H3. The fraction of sp³-hybridized carbons (Fsp3) is 0.170. The molecule has 1 heteroatoms. The summed E-state index contributed by atoms with van der Waals surface area (Å²) in [5.74, 6) is 0.397. The molecular formula is C53H45N. The molecule has 0 bridgehead atoms. The van der Waals surface area contributed by atoms with Crippen LogP contribution in [0.15, 0.2) is 176 Å². The zero-order valence-corrected chi connectivity index (χ0v) is 31.8. The molecule has 0 aromatic heterocycles. The highest BCUT2D eigenvalue weighted by Crippen LogP contribution is 2.58. The largest absolute Gasteiger partial charge is 0.310 e. The van der Waals surface area contributed by atoms with Crippen molar-refractivity contribution < 1.29 is 0 Å². The molecule has 7 aromatic rings. The van der Waals surface area contributed by atoms with E-state index >= 15 is 0 Å². The van der Waals surface area contributed by atoms with Gasteiger partial charge >= 0.3 is 0 Å². The summed E-state index contributed by atoms with van der Waals surface area (Å²) >= 11 is 0. The maximum Gasteiger partial charge on any atom is 0.0473 e. The molecule has 2 atom stereocenters. The van der Waals surface area contributed by atoms with E-state index < -0.39 is 0 Å². The van der Waals surface area contributed by atoms with Crippen LogP contribution in [-0.4, -0.2) is 0 Å². The Balaban J connectivity index is 1.23. The molecule has 0 saturated heterocycles. The molecule has 0 heterocycles. The van der Waals surface area contributed by atoms with Crippen LogP contribution >= 0.6 is 0 Å². The summed E-state index contributed by atoms with van der Waals surface area (Å²) in [4.78, 5) is 2.51. The van der Waals surface area contributed by atoms with Gasteiger partial charge in [0.2, 0.25) is 0 Å². The molecule has 0 radical (unpaired) electrons. The average molecular weight is 696 g/mol. The minimum Gasteiger partial charge on any atom is -0.310 e. The number of rotatable bonds is 5. The minimum atomic E-state index is -0.102. The van der Waals surface area contributed by atoms with Crippen LogP contribution in [0.3, 0.4) is 0 Å². The fourth-order valence-corrected chi connectivity index (χ4v) is 10.2. The molecule has 262 valence electrons. The Morgan fingerprint density at radius 1 is 0.426 bits per heavy atom. The van der Waals surface area contributed by atoms with E-state index in [0.717, 1.165) is 11.4 Å². The van der Waals surface area contributed by atoms with E-state index in [0.29, 0.717) is 5.92 Å². The van der Waals surface area contributed by atoms with Crippen LogP contribution in [0.25, 0.3) is 44.2 Å². The van der Waals surface area contributed by atoms with Gasteiger partial charge in [0.25, 0.3) is 0 Å². The number of allylic oxidation sites excluding steroid dienone is 4. The predicted molar refractivity (Wildman–Crippen MR) is 229 cm³/mol. The molecule has 2 unspecified atom stereocenters. The zero-order chi connectivity index (χ0) is 36.8. The lowest BCUT2D eigenvalue weighted by Crippen LogP contribution is -2.34. The van der Waals surface area contributed by atoms with Crippen molar-refractivity contribution in [3.05, 3.63) is 198 Å². The van der Waals surface area contributed by atoms with Gasteiger partial charge in [0.15, 0.2) is 0 Å². The maximum absolute atomic E-state index is 2.51. The lowest BCUT2D eigenvalue weighted by molar-refractivity contribution is 0.324. The fourth-order valence-electron chi connectivity index (χ4n) is 10.2. The number of benzene rings is 7. The first-order chi connectivity index (χ1) is 26.1. The van der Waals surface area contributed by atoms with Gasteiger partial charge in [-0.2, -0.15) is 0 Å². The Hall–Kier alpha value is -5.92. The van der Waals surface area contributed by atoms with Crippen LogP contribution in [0, 0.1) is 5.92 Å². The van der Waals surface area contributed by atoms with E-state index in [1.54, 1.807) is 0 Å². The average Bonchev–Trinajstić information content (AvgIpc) is 3.53. The molecule has 7 aromatic carbocycles. The lowest BCUT2D eigenvalue weighted by Gasteiger charge is -2.36. The van der Waals surface area contributed by atoms with Crippen LogP contribution in [-0.2, 0) is 16.2 Å². The van der Waals surface area contributed by atoms with Gasteiger partial charge in [-0.05, 0) is 132 Å². The SMILES string of the molecule is CC1(C)c2ccc(N(c3cc(-c4ccccc4)cc(-c4ccccc4)c3)c3ccc4c(c3)C3(C)C=CC=CC3C4(C)C)cc2-c2cc3ccccc3cc21. The summed E-state index contributed by atoms with van der Waals surface area (Å²) in [5.41, 5.74) is 16.4. The van der Waals surface area contributed by atoms with Crippen molar-refractivity contribution in [2.45, 2.75) is 50.9 Å². The van der Waals surface area contributed by atoms with E-state index in [1.807, 2.05) is 0 Å². The second-order valence-electron chi connectivity index (χ2n) is 16.9. The van der Waals surface area contributed by atoms with Gasteiger partial charge in [0, 0.05) is 27.9 Å². The summed E-state index contributed by atoms with van der Waals surface area (Å²) in [7, 11) is 0. The molecule has 1 nitrogen and oxygen atoms in total. The summed E-state index contributed by atoms with van der Waals surface area (Å²) < 4.78 is 0. The lowest BCUT2D eigenvalue weighted by atomic mass is 9.67. The second kappa shape index (κ2) is 11.8. The van der Waals surface area contributed by atoms with Gasteiger partial charge < -0.3 is 4.90 Å². The van der Waals surface area contributed by atoms with Crippen molar-refractivity contribution in [1.82, 2.24) is 0 Å². The number of hydrogen-bond acceptors (Lipinski definition) is 1. The second-order valence-corrected chi connectivity index (χ2v) is 16.9. The Bertz CT molecular complexity index is 2620. The van der Waals surface area contributed by atoms with E-state index in [-0.39, 0.29) is 16.2 Å². The van der Waals surface area contributed by atoms with Gasteiger partial charge in [-0.3, -0.25) is 0 Å². The summed E-state index contributed by atoms with van der Waals surface area (Å²) in [6.07, 6.45) is 9.34. The van der Waals surface area contributed by atoms with Crippen molar-refractivity contribution in [3.63, 3.8) is 0 Å². The monoisotopic (exact) mass is 695 g/mol. The van der Waals surface area contributed by atoms with Gasteiger partial charge in [-0.25, -0.2) is 0 Å². The molecule has 0 fully saturated rings. The van der Waals surface area contributed by atoms with Gasteiger partial charge in [0.05, 0.1) is 0 Å². The Morgan fingerprint density at radius 2 is 1.00 bits per heavy atom. The number of anilines is 3.